The van der Waals surface area contributed by atoms with Gasteiger partial charge in [0, 0.05) is 50.7 Å². The van der Waals surface area contributed by atoms with Gasteiger partial charge in [-0.1, -0.05) is 30.3 Å². The Hall–Kier alpha value is -3.91. The van der Waals surface area contributed by atoms with E-state index < -0.39 is 5.82 Å². The van der Waals surface area contributed by atoms with Gasteiger partial charge in [0.05, 0.1) is 22.3 Å². The van der Waals surface area contributed by atoms with Gasteiger partial charge < -0.3 is 4.90 Å². The first-order chi connectivity index (χ1) is 18.0. The van der Waals surface area contributed by atoms with Crippen LogP contribution < -0.4 is 5.56 Å². The van der Waals surface area contributed by atoms with Crippen LogP contribution in [0.4, 0.5) is 4.39 Å². The van der Waals surface area contributed by atoms with Crippen LogP contribution in [0.15, 0.2) is 71.7 Å². The first-order valence-corrected chi connectivity index (χ1v) is 12.7. The molecule has 37 heavy (non-hydrogen) atoms. The Bertz CT molecular complexity index is 1510. The normalized spacial score (nSPS) is 19.8. The number of aromatic nitrogens is 3. The molecule has 4 heterocycles. The summed E-state index contributed by atoms with van der Waals surface area (Å²) in [7, 11) is 0. The molecule has 2 aromatic heterocycles. The third kappa shape index (κ3) is 4.76. The zero-order valence-electron chi connectivity index (χ0n) is 20.4. The van der Waals surface area contributed by atoms with E-state index in [1.54, 1.807) is 29.2 Å². The molecule has 2 aromatic carbocycles. The lowest BCUT2D eigenvalue weighted by molar-refractivity contribution is 0.0637. The van der Waals surface area contributed by atoms with Gasteiger partial charge in [-0.05, 0) is 54.2 Å². The van der Waals surface area contributed by atoms with Crippen molar-refractivity contribution >= 4 is 16.7 Å². The van der Waals surface area contributed by atoms with Crippen LogP contribution in [-0.4, -0.2) is 57.1 Å². The number of carbonyl (C=O) groups excluding carboxylic acids is 1. The number of pyridine rings is 1. The molecule has 2 saturated heterocycles. The highest BCUT2D eigenvalue weighted by Crippen LogP contribution is 2.33. The SMILES string of the molecule is O=C(c1cc(Cc2n[nH]c(=O)c3ccccc23)ccc1F)N1CCC2CN(Cc3ccccn3)CC2C1. The molecule has 0 spiro atoms. The number of carbonyl (C=O) groups is 1. The molecule has 0 aliphatic carbocycles. The molecule has 6 rings (SSSR count). The predicted octanol–water partition coefficient (Wildman–Crippen LogP) is 3.64. The maximum absolute atomic E-state index is 14.9. The standard InChI is InChI=1S/C29H28FN5O2/c30-26-9-8-19(14-27-23-6-1-2-7-24(23)28(36)33-32-27)13-25(26)29(37)35-12-10-20-15-34(16-21(20)17-35)18-22-5-3-4-11-31-22/h1-9,11,13,20-21H,10,12,14-18H2,(H,33,36). The summed E-state index contributed by atoms with van der Waals surface area (Å²) in [5.41, 5.74) is 2.35. The quantitative estimate of drug-likeness (QED) is 0.455. The maximum Gasteiger partial charge on any atom is 0.272 e. The number of hydrogen-bond acceptors (Lipinski definition) is 5. The van der Waals surface area contributed by atoms with E-state index in [2.05, 4.69) is 20.1 Å². The van der Waals surface area contributed by atoms with Crippen LogP contribution in [0.5, 0.6) is 0 Å². The Kier molecular flexibility index (Phi) is 6.26. The average Bonchev–Trinajstić information content (AvgIpc) is 3.33. The molecule has 0 bridgehead atoms. The number of aromatic amines is 1. The molecule has 188 valence electrons. The van der Waals surface area contributed by atoms with Crippen molar-refractivity contribution in [3.63, 3.8) is 0 Å². The minimum atomic E-state index is -0.515. The third-order valence-electron chi connectivity index (χ3n) is 7.68. The van der Waals surface area contributed by atoms with E-state index >= 15 is 0 Å². The van der Waals surface area contributed by atoms with E-state index in [0.29, 0.717) is 42.4 Å². The highest BCUT2D eigenvalue weighted by Gasteiger charge is 2.38. The lowest BCUT2D eigenvalue weighted by Gasteiger charge is -2.34. The van der Waals surface area contributed by atoms with Crippen molar-refractivity contribution in [2.45, 2.75) is 19.4 Å². The number of H-pyrrole nitrogens is 1. The summed E-state index contributed by atoms with van der Waals surface area (Å²) in [6.07, 6.45) is 3.12. The highest BCUT2D eigenvalue weighted by atomic mass is 19.1. The van der Waals surface area contributed by atoms with Crippen molar-refractivity contribution in [2.75, 3.05) is 26.2 Å². The Morgan fingerprint density at radius 3 is 2.65 bits per heavy atom. The fourth-order valence-electron chi connectivity index (χ4n) is 5.82. The highest BCUT2D eigenvalue weighted by molar-refractivity contribution is 5.95. The second-order valence-electron chi connectivity index (χ2n) is 10.1. The first-order valence-electron chi connectivity index (χ1n) is 12.7. The maximum atomic E-state index is 14.9. The predicted molar refractivity (Wildman–Crippen MR) is 139 cm³/mol. The first kappa shape index (κ1) is 23.5. The van der Waals surface area contributed by atoms with Crippen molar-refractivity contribution in [2.24, 2.45) is 11.8 Å². The molecule has 2 atom stereocenters. The fourth-order valence-corrected chi connectivity index (χ4v) is 5.82. The summed E-state index contributed by atoms with van der Waals surface area (Å²) in [6.45, 7) is 4.00. The molecule has 0 saturated carbocycles. The summed E-state index contributed by atoms with van der Waals surface area (Å²) >= 11 is 0. The zero-order valence-corrected chi connectivity index (χ0v) is 20.4. The van der Waals surface area contributed by atoms with Gasteiger partial charge >= 0.3 is 0 Å². The van der Waals surface area contributed by atoms with Crippen molar-refractivity contribution in [3.05, 3.63) is 106 Å². The van der Waals surface area contributed by atoms with Crippen LogP contribution in [0.2, 0.25) is 0 Å². The van der Waals surface area contributed by atoms with Crippen molar-refractivity contribution in [1.82, 2.24) is 25.0 Å². The Balaban J connectivity index is 1.17. The minimum absolute atomic E-state index is 0.0908. The molecule has 2 aliphatic heterocycles. The van der Waals surface area contributed by atoms with Gasteiger partial charge in [0.15, 0.2) is 0 Å². The van der Waals surface area contributed by atoms with Crippen LogP contribution in [0.25, 0.3) is 10.8 Å². The van der Waals surface area contributed by atoms with E-state index in [9.17, 15) is 14.0 Å². The second-order valence-corrected chi connectivity index (χ2v) is 10.1. The third-order valence-corrected chi connectivity index (χ3v) is 7.68. The van der Waals surface area contributed by atoms with E-state index in [-0.39, 0.29) is 17.0 Å². The van der Waals surface area contributed by atoms with Gasteiger partial charge in [0.25, 0.3) is 11.5 Å². The number of nitrogens with one attached hydrogen (secondary N) is 1. The molecule has 2 fully saturated rings. The van der Waals surface area contributed by atoms with E-state index in [4.69, 9.17) is 0 Å². The second kappa shape index (κ2) is 9.86. The Labute approximate surface area is 214 Å². The minimum Gasteiger partial charge on any atom is -0.338 e. The number of rotatable bonds is 5. The van der Waals surface area contributed by atoms with Crippen LogP contribution in [0, 0.1) is 17.7 Å². The monoisotopic (exact) mass is 497 g/mol. The van der Waals surface area contributed by atoms with Crippen LogP contribution in [-0.2, 0) is 13.0 Å². The Morgan fingerprint density at radius 1 is 1.00 bits per heavy atom. The van der Waals surface area contributed by atoms with Gasteiger partial charge in [-0.3, -0.25) is 19.5 Å². The molecule has 4 aromatic rings. The molecule has 0 radical (unpaired) electrons. The smallest absolute Gasteiger partial charge is 0.272 e. The molecule has 7 nitrogen and oxygen atoms in total. The number of halogens is 1. The largest absolute Gasteiger partial charge is 0.338 e. The number of amides is 1. The summed E-state index contributed by atoms with van der Waals surface area (Å²) < 4.78 is 14.9. The molecule has 1 amide bonds. The number of benzene rings is 2. The lowest BCUT2D eigenvalue weighted by atomic mass is 9.88. The number of fused-ring (bicyclic) bond motifs is 2. The van der Waals surface area contributed by atoms with E-state index in [1.807, 2.05) is 36.5 Å². The van der Waals surface area contributed by atoms with Gasteiger partial charge in [-0.25, -0.2) is 9.49 Å². The van der Waals surface area contributed by atoms with Gasteiger partial charge in [-0.2, -0.15) is 5.10 Å². The van der Waals surface area contributed by atoms with Crippen LogP contribution in [0.1, 0.15) is 33.7 Å². The van der Waals surface area contributed by atoms with Crippen molar-refractivity contribution in [1.29, 1.82) is 0 Å². The fraction of sp³-hybridized carbons (Fsp3) is 0.310. The Morgan fingerprint density at radius 2 is 1.81 bits per heavy atom. The van der Waals surface area contributed by atoms with Gasteiger partial charge in [-0.15, -0.1) is 0 Å². The molecule has 8 heteroatoms. The summed E-state index contributed by atoms with van der Waals surface area (Å²) in [5, 5.41) is 8.08. The van der Waals surface area contributed by atoms with Gasteiger partial charge in [0.2, 0.25) is 0 Å². The number of nitrogens with zero attached hydrogens (tertiary/aromatic N) is 4. The zero-order chi connectivity index (χ0) is 25.4. The van der Waals surface area contributed by atoms with Crippen LogP contribution in [0.3, 0.4) is 0 Å². The average molecular weight is 498 g/mol. The molecular formula is C29H28FN5O2. The summed E-state index contributed by atoms with van der Waals surface area (Å²) in [5.74, 6) is 0.145. The summed E-state index contributed by atoms with van der Waals surface area (Å²) in [6, 6.07) is 17.9. The lowest BCUT2D eigenvalue weighted by Crippen LogP contribution is -2.43. The van der Waals surface area contributed by atoms with E-state index in [0.717, 1.165) is 42.7 Å². The van der Waals surface area contributed by atoms with Crippen molar-refractivity contribution in [3.8, 4) is 0 Å². The number of likely N-dealkylation sites (tertiary alicyclic amines) is 2. The topological polar surface area (TPSA) is 82.2 Å². The van der Waals surface area contributed by atoms with Crippen LogP contribution >= 0.6 is 0 Å². The molecule has 2 aliphatic rings. The van der Waals surface area contributed by atoms with Crippen molar-refractivity contribution < 1.29 is 9.18 Å². The number of hydrogen-bond donors (Lipinski definition) is 1. The molecular weight excluding hydrogens is 469 g/mol. The van der Waals surface area contributed by atoms with E-state index in [1.165, 1.54) is 6.07 Å². The molecule has 2 unspecified atom stereocenters. The number of piperidine rings is 1. The summed E-state index contributed by atoms with van der Waals surface area (Å²) in [4.78, 5) is 34.2. The molecule has 1 N–H and O–H groups in total. The van der Waals surface area contributed by atoms with Gasteiger partial charge in [0.1, 0.15) is 5.82 Å².